The molecule has 0 spiro atoms. The molecule has 0 radical (unpaired) electrons. The predicted molar refractivity (Wildman–Crippen MR) is 45.9 cm³/mol. The average Bonchev–Trinajstić information content (AvgIpc) is 2.73. The molecule has 0 aromatic heterocycles. The predicted octanol–water partition coefficient (Wildman–Crippen LogP) is -0.00880. The van der Waals surface area contributed by atoms with E-state index in [1.54, 1.807) is 0 Å². The van der Waals surface area contributed by atoms with Crippen molar-refractivity contribution in [2.24, 2.45) is 0 Å². The highest BCUT2D eigenvalue weighted by atomic mass is 31.2. The molecule has 0 bridgehead atoms. The van der Waals surface area contributed by atoms with Crippen LogP contribution < -0.4 is 0 Å². The average molecular weight is 236 g/mol. The molecule has 0 aromatic rings. The van der Waals surface area contributed by atoms with Gasteiger partial charge in [0.05, 0.1) is 13.1 Å². The first kappa shape index (κ1) is 10.3. The molecule has 2 amide bonds. The number of cyclic esters (lactones) is 2. The van der Waals surface area contributed by atoms with Gasteiger partial charge in [-0.1, -0.05) is 0 Å². The van der Waals surface area contributed by atoms with Gasteiger partial charge in [0, 0.05) is 0 Å². The number of carbonyl (C=O) groups excluding carboxylic acids is 2. The van der Waals surface area contributed by atoms with Gasteiger partial charge in [0.1, 0.15) is 13.2 Å². The Labute approximate surface area is 84.9 Å². The van der Waals surface area contributed by atoms with E-state index in [1.165, 1.54) is 0 Å². The lowest BCUT2D eigenvalue weighted by atomic mass is 10.7. The first-order valence-electron chi connectivity index (χ1n) is 4.26. The number of rotatable bonds is 2. The Hall–Kier alpha value is -1.27. The smallest absolute Gasteiger partial charge is 0.418 e. The van der Waals surface area contributed by atoms with Gasteiger partial charge in [-0.25, -0.2) is 23.5 Å². The Bertz CT molecular complexity index is 328. The van der Waals surface area contributed by atoms with Gasteiger partial charge in [-0.05, 0) is 0 Å². The van der Waals surface area contributed by atoms with Crippen LogP contribution in [0.25, 0.3) is 0 Å². The molecular weight excluding hydrogens is 227 g/mol. The molecule has 0 aliphatic carbocycles. The zero-order valence-corrected chi connectivity index (χ0v) is 8.55. The lowest BCUT2D eigenvalue weighted by Gasteiger charge is -2.25. The minimum atomic E-state index is -4.18. The molecule has 0 saturated carbocycles. The summed E-state index contributed by atoms with van der Waals surface area (Å²) in [6.07, 6.45) is -1.78. The highest BCUT2D eigenvalue weighted by molar-refractivity contribution is 7.54. The van der Waals surface area contributed by atoms with Crippen molar-refractivity contribution in [3.63, 3.8) is 0 Å². The molecule has 2 aliphatic rings. The van der Waals surface area contributed by atoms with Crippen LogP contribution in [0.3, 0.4) is 0 Å². The number of amides is 2. The van der Waals surface area contributed by atoms with E-state index >= 15 is 0 Å². The summed E-state index contributed by atoms with van der Waals surface area (Å²) in [7, 11) is -4.18. The Kier molecular flexibility index (Phi) is 2.32. The van der Waals surface area contributed by atoms with Crippen molar-refractivity contribution < 1.29 is 28.5 Å². The Morgan fingerprint density at radius 1 is 1.07 bits per heavy atom. The third-order valence-electron chi connectivity index (χ3n) is 2.11. The van der Waals surface area contributed by atoms with Gasteiger partial charge in [-0.15, -0.1) is 0 Å². The number of nitrogens with zero attached hydrogens (tertiary/aromatic N) is 2. The molecule has 2 saturated heterocycles. The summed E-state index contributed by atoms with van der Waals surface area (Å²) >= 11 is 0. The summed E-state index contributed by atoms with van der Waals surface area (Å²) in [6.45, 7) is 0.0886. The first-order valence-corrected chi connectivity index (χ1v) is 5.82. The highest BCUT2D eigenvalue weighted by Gasteiger charge is 2.47. The SMILES string of the molecule is O=C1OCCN1P(=O)(O)N1CCOC1=O. The summed E-state index contributed by atoms with van der Waals surface area (Å²) in [4.78, 5) is 31.8. The van der Waals surface area contributed by atoms with Crippen LogP contribution in [0.1, 0.15) is 0 Å². The summed E-state index contributed by atoms with van der Waals surface area (Å²) < 4.78 is 22.2. The van der Waals surface area contributed by atoms with E-state index < -0.39 is 19.9 Å². The molecule has 84 valence electrons. The number of hydrogen-bond donors (Lipinski definition) is 1. The summed E-state index contributed by atoms with van der Waals surface area (Å²) in [5, 5.41) is 0. The second-order valence-corrected chi connectivity index (χ2v) is 4.98. The van der Waals surface area contributed by atoms with Gasteiger partial charge in [0.25, 0.3) is 0 Å². The second kappa shape index (κ2) is 3.39. The Morgan fingerprint density at radius 3 is 1.73 bits per heavy atom. The van der Waals surface area contributed by atoms with Crippen LogP contribution in [0.15, 0.2) is 0 Å². The molecule has 0 aromatic carbocycles. The Morgan fingerprint density at radius 2 is 1.47 bits per heavy atom. The van der Waals surface area contributed by atoms with Crippen LogP contribution in [-0.2, 0) is 14.0 Å². The number of hydrogen-bond acceptors (Lipinski definition) is 5. The van der Waals surface area contributed by atoms with Crippen molar-refractivity contribution in [3.8, 4) is 0 Å². The molecule has 2 rings (SSSR count). The van der Waals surface area contributed by atoms with Gasteiger partial charge >= 0.3 is 19.9 Å². The second-order valence-electron chi connectivity index (χ2n) is 2.99. The highest BCUT2D eigenvalue weighted by Crippen LogP contribution is 2.51. The monoisotopic (exact) mass is 236 g/mol. The third-order valence-corrected chi connectivity index (χ3v) is 4.09. The summed E-state index contributed by atoms with van der Waals surface area (Å²) in [5.74, 6) is 0. The lowest BCUT2D eigenvalue weighted by molar-refractivity contribution is 0.161. The van der Waals surface area contributed by atoms with Crippen molar-refractivity contribution in [1.29, 1.82) is 0 Å². The standard InChI is InChI=1S/C6H9N2O6P/c9-5-7(1-3-13-5)15(11,12)8-2-4-14-6(8)10/h1-4H2,(H,11,12). The largest absolute Gasteiger partial charge is 0.447 e. The van der Waals surface area contributed by atoms with Gasteiger partial charge in [0.2, 0.25) is 0 Å². The number of carbonyl (C=O) groups is 2. The van der Waals surface area contributed by atoms with E-state index in [2.05, 4.69) is 9.47 Å². The molecule has 1 N–H and O–H groups in total. The van der Waals surface area contributed by atoms with E-state index in [-0.39, 0.29) is 26.3 Å². The maximum absolute atomic E-state index is 11.8. The number of ether oxygens (including phenoxy) is 2. The zero-order valence-electron chi connectivity index (χ0n) is 7.66. The molecule has 2 fully saturated rings. The Balaban J connectivity index is 2.22. The molecule has 2 aliphatic heterocycles. The van der Waals surface area contributed by atoms with E-state index in [0.717, 1.165) is 0 Å². The van der Waals surface area contributed by atoms with Gasteiger partial charge in [-0.2, -0.15) is 0 Å². The van der Waals surface area contributed by atoms with Crippen molar-refractivity contribution >= 4 is 19.9 Å². The quantitative estimate of drug-likeness (QED) is 0.677. The van der Waals surface area contributed by atoms with Crippen LogP contribution in [0.5, 0.6) is 0 Å². The maximum Gasteiger partial charge on any atom is 0.418 e. The van der Waals surface area contributed by atoms with Crippen molar-refractivity contribution in [2.75, 3.05) is 26.3 Å². The van der Waals surface area contributed by atoms with Crippen LogP contribution >= 0.6 is 7.67 Å². The fourth-order valence-electron chi connectivity index (χ4n) is 1.37. The molecule has 8 nitrogen and oxygen atoms in total. The van der Waals surface area contributed by atoms with Gasteiger partial charge in [0.15, 0.2) is 0 Å². The minimum Gasteiger partial charge on any atom is -0.447 e. The normalized spacial score (nSPS) is 21.9. The summed E-state index contributed by atoms with van der Waals surface area (Å²) in [5.41, 5.74) is 0. The van der Waals surface area contributed by atoms with Gasteiger partial charge in [-0.3, -0.25) is 0 Å². The van der Waals surface area contributed by atoms with Crippen molar-refractivity contribution in [1.82, 2.24) is 9.34 Å². The lowest BCUT2D eigenvalue weighted by Crippen LogP contribution is -2.32. The van der Waals surface area contributed by atoms with Crippen LogP contribution in [-0.4, -0.2) is 52.7 Å². The first-order chi connectivity index (χ1) is 7.03. The molecule has 9 heteroatoms. The van der Waals surface area contributed by atoms with Crippen molar-refractivity contribution in [2.45, 2.75) is 0 Å². The fourth-order valence-corrected chi connectivity index (χ4v) is 2.86. The molecule has 0 atom stereocenters. The van der Waals surface area contributed by atoms with E-state index in [9.17, 15) is 19.0 Å². The van der Waals surface area contributed by atoms with Gasteiger partial charge < -0.3 is 14.4 Å². The third kappa shape index (κ3) is 1.55. The van der Waals surface area contributed by atoms with E-state index in [0.29, 0.717) is 9.34 Å². The molecule has 0 unspecified atom stereocenters. The molecule has 15 heavy (non-hydrogen) atoms. The van der Waals surface area contributed by atoms with Crippen LogP contribution in [0, 0.1) is 0 Å². The van der Waals surface area contributed by atoms with E-state index in [1.807, 2.05) is 0 Å². The molecule has 2 heterocycles. The maximum atomic E-state index is 11.8. The van der Waals surface area contributed by atoms with E-state index in [4.69, 9.17) is 0 Å². The van der Waals surface area contributed by atoms with Crippen LogP contribution in [0.4, 0.5) is 9.59 Å². The zero-order chi connectivity index (χ0) is 11.1. The molecular formula is C6H9N2O6P. The topological polar surface area (TPSA) is 96.4 Å². The fraction of sp³-hybridized carbons (Fsp3) is 0.667. The van der Waals surface area contributed by atoms with Crippen LogP contribution in [0.2, 0.25) is 0 Å². The minimum absolute atomic E-state index is 0.00358. The summed E-state index contributed by atoms with van der Waals surface area (Å²) in [6, 6.07) is 0. The van der Waals surface area contributed by atoms with Crippen molar-refractivity contribution in [3.05, 3.63) is 0 Å².